The quantitative estimate of drug-likeness (QED) is 0.173. The van der Waals surface area contributed by atoms with Crippen molar-refractivity contribution in [1.29, 1.82) is 0 Å². The Morgan fingerprint density at radius 2 is 1.79 bits per heavy atom. The molecule has 0 aromatic heterocycles. The lowest BCUT2D eigenvalue weighted by molar-refractivity contribution is -0.113. The summed E-state index contributed by atoms with van der Waals surface area (Å²) in [7, 11) is -2.49. The molecule has 9 nitrogen and oxygen atoms in total. The van der Waals surface area contributed by atoms with Crippen LogP contribution in [0.4, 0.5) is 11.4 Å². The molecule has 11 heteroatoms. The SMILES string of the molecule is CNS(=O)(=O)c1ccc(O)c(NNC(C(=O)Nc2ccccc2Cl)=C(C)O)c1. The van der Waals surface area contributed by atoms with E-state index in [0.717, 1.165) is 6.07 Å². The Hall–Kier alpha value is -2.95. The Balaban J connectivity index is 2.21. The number of benzene rings is 2. The number of rotatable bonds is 7. The molecule has 2 aromatic carbocycles. The molecule has 6 N–H and O–H groups in total. The van der Waals surface area contributed by atoms with E-state index in [1.54, 1.807) is 24.3 Å². The summed E-state index contributed by atoms with van der Waals surface area (Å²) in [5.74, 6) is -1.33. The first kappa shape index (κ1) is 21.4. The number of nitrogens with one attached hydrogen (secondary N) is 4. The molecule has 0 fully saturated rings. The zero-order valence-electron chi connectivity index (χ0n) is 14.9. The van der Waals surface area contributed by atoms with Gasteiger partial charge in [0.2, 0.25) is 10.0 Å². The average molecular weight is 427 g/mol. The molecule has 0 bridgehead atoms. The number of amides is 1. The normalized spacial score (nSPS) is 12.1. The van der Waals surface area contributed by atoms with E-state index in [1.165, 1.54) is 26.1 Å². The number of halogens is 1. The lowest BCUT2D eigenvalue weighted by Gasteiger charge is -2.16. The van der Waals surface area contributed by atoms with Crippen LogP contribution in [0.15, 0.2) is 58.8 Å². The molecule has 0 atom stereocenters. The number of para-hydroxylation sites is 1. The molecule has 0 aliphatic rings. The van der Waals surface area contributed by atoms with E-state index in [-0.39, 0.29) is 27.8 Å². The van der Waals surface area contributed by atoms with E-state index in [1.807, 2.05) is 0 Å². The summed E-state index contributed by atoms with van der Waals surface area (Å²) in [5.41, 5.74) is 5.01. The van der Waals surface area contributed by atoms with Gasteiger partial charge < -0.3 is 15.5 Å². The fourth-order valence-corrected chi connectivity index (χ4v) is 3.03. The van der Waals surface area contributed by atoms with Gasteiger partial charge in [0.15, 0.2) is 5.70 Å². The van der Waals surface area contributed by atoms with E-state index in [0.29, 0.717) is 10.7 Å². The van der Waals surface area contributed by atoms with Crippen LogP contribution in [0.3, 0.4) is 0 Å². The minimum absolute atomic E-state index is 0.0272. The molecule has 1 amide bonds. The maximum Gasteiger partial charge on any atom is 0.277 e. The number of hydrazine groups is 1. The highest BCUT2D eigenvalue weighted by atomic mass is 35.5. The van der Waals surface area contributed by atoms with Gasteiger partial charge in [-0.25, -0.2) is 13.1 Å². The smallest absolute Gasteiger partial charge is 0.277 e. The number of phenols is 1. The molecule has 2 rings (SSSR count). The van der Waals surface area contributed by atoms with Crippen LogP contribution in [-0.4, -0.2) is 31.6 Å². The number of phenolic OH excluding ortho intramolecular Hbond substituents is 1. The van der Waals surface area contributed by atoms with Crippen molar-refractivity contribution in [1.82, 2.24) is 10.1 Å². The minimum Gasteiger partial charge on any atom is -0.510 e. The summed E-state index contributed by atoms with van der Waals surface area (Å²) in [5, 5.41) is 22.6. The van der Waals surface area contributed by atoms with Crippen molar-refractivity contribution in [2.45, 2.75) is 11.8 Å². The molecule has 2 aromatic rings. The monoisotopic (exact) mass is 426 g/mol. The van der Waals surface area contributed by atoms with Crippen molar-refractivity contribution in [2.24, 2.45) is 0 Å². The van der Waals surface area contributed by atoms with Gasteiger partial charge in [-0.05, 0) is 44.3 Å². The van der Waals surface area contributed by atoms with E-state index in [4.69, 9.17) is 11.6 Å². The highest BCUT2D eigenvalue weighted by Gasteiger charge is 2.17. The first-order valence-corrected chi connectivity index (χ1v) is 9.76. The molecule has 150 valence electrons. The summed E-state index contributed by atoms with van der Waals surface area (Å²) in [4.78, 5) is 12.3. The third-order valence-corrected chi connectivity index (χ3v) is 5.32. The Morgan fingerprint density at radius 1 is 1.11 bits per heavy atom. The van der Waals surface area contributed by atoms with Gasteiger partial charge >= 0.3 is 0 Å². The number of aliphatic hydroxyl groups is 1. The van der Waals surface area contributed by atoms with E-state index >= 15 is 0 Å². The van der Waals surface area contributed by atoms with Crippen LogP contribution in [-0.2, 0) is 14.8 Å². The third-order valence-electron chi connectivity index (χ3n) is 3.58. The third kappa shape index (κ3) is 5.06. The topological polar surface area (TPSA) is 140 Å². The van der Waals surface area contributed by atoms with E-state index in [9.17, 15) is 23.4 Å². The minimum atomic E-state index is -3.74. The second-order valence-electron chi connectivity index (χ2n) is 5.53. The van der Waals surface area contributed by atoms with Gasteiger partial charge in [0.05, 0.1) is 21.3 Å². The zero-order chi connectivity index (χ0) is 20.9. The second-order valence-corrected chi connectivity index (χ2v) is 7.82. The highest BCUT2D eigenvalue weighted by molar-refractivity contribution is 7.89. The molecule has 0 aliphatic heterocycles. The average Bonchev–Trinajstić information content (AvgIpc) is 2.64. The van der Waals surface area contributed by atoms with E-state index in [2.05, 4.69) is 20.9 Å². The van der Waals surface area contributed by atoms with Gasteiger partial charge in [0, 0.05) is 0 Å². The molecule has 0 aliphatic carbocycles. The predicted molar refractivity (Wildman–Crippen MR) is 107 cm³/mol. The first-order chi connectivity index (χ1) is 13.2. The van der Waals surface area contributed by atoms with Gasteiger partial charge in [0.1, 0.15) is 11.5 Å². The molecule has 0 saturated carbocycles. The number of aromatic hydroxyl groups is 1. The Morgan fingerprint density at radius 3 is 2.39 bits per heavy atom. The maximum absolute atomic E-state index is 12.4. The molecular formula is C17H19ClN4O5S. The fourth-order valence-electron chi connectivity index (χ4n) is 2.09. The molecular weight excluding hydrogens is 408 g/mol. The van der Waals surface area contributed by atoms with Crippen LogP contribution in [0.1, 0.15) is 6.92 Å². The van der Waals surface area contributed by atoms with Crippen molar-refractivity contribution in [3.05, 3.63) is 58.9 Å². The lowest BCUT2D eigenvalue weighted by atomic mass is 10.3. The number of allylic oxidation sites excluding steroid dienone is 1. The van der Waals surface area contributed by atoms with Crippen LogP contribution in [0.2, 0.25) is 5.02 Å². The Labute approximate surface area is 167 Å². The summed E-state index contributed by atoms with van der Waals surface area (Å²) in [6.07, 6.45) is 0. The standard InChI is InChI=1S/C17H19ClN4O5S/c1-10(23)16(17(25)20-13-6-4-3-5-12(13)18)22-21-14-9-11(7-8-15(14)24)28(26,27)19-2/h3-9,19,21-24H,1-2H3,(H,20,25). The zero-order valence-corrected chi connectivity index (χ0v) is 16.5. The van der Waals surface area contributed by atoms with E-state index < -0.39 is 15.9 Å². The number of aliphatic hydroxyl groups excluding tert-OH is 1. The van der Waals surface area contributed by atoms with Gasteiger partial charge in [-0.3, -0.25) is 15.6 Å². The maximum atomic E-state index is 12.4. The Kier molecular flexibility index (Phi) is 6.73. The van der Waals surface area contributed by atoms with Crippen molar-refractivity contribution in [3.63, 3.8) is 0 Å². The summed E-state index contributed by atoms with van der Waals surface area (Å²) in [6, 6.07) is 10.1. The number of anilines is 2. The second kappa shape index (κ2) is 8.83. The van der Waals surface area contributed by atoms with Crippen LogP contribution < -0.4 is 20.9 Å². The Bertz CT molecular complexity index is 1020. The summed E-state index contributed by atoms with van der Waals surface area (Å²) >= 11 is 5.99. The van der Waals surface area contributed by atoms with Crippen LogP contribution in [0.25, 0.3) is 0 Å². The van der Waals surface area contributed by atoms with Gasteiger partial charge in [0.25, 0.3) is 5.91 Å². The largest absolute Gasteiger partial charge is 0.510 e. The van der Waals surface area contributed by atoms with Gasteiger partial charge in [-0.1, -0.05) is 23.7 Å². The predicted octanol–water partition coefficient (Wildman–Crippen LogP) is 2.30. The molecule has 0 unspecified atom stereocenters. The fraction of sp³-hybridized carbons (Fsp3) is 0.118. The molecule has 0 heterocycles. The highest BCUT2D eigenvalue weighted by Crippen LogP contribution is 2.26. The number of hydrogen-bond acceptors (Lipinski definition) is 7. The van der Waals surface area contributed by atoms with Crippen molar-refractivity contribution in [3.8, 4) is 5.75 Å². The number of hydrogen-bond donors (Lipinski definition) is 6. The number of sulfonamides is 1. The first-order valence-electron chi connectivity index (χ1n) is 7.90. The molecule has 28 heavy (non-hydrogen) atoms. The summed E-state index contributed by atoms with van der Waals surface area (Å²) < 4.78 is 25.9. The van der Waals surface area contributed by atoms with Gasteiger partial charge in [-0.15, -0.1) is 0 Å². The molecule has 0 spiro atoms. The lowest BCUT2D eigenvalue weighted by Crippen LogP contribution is -2.31. The van der Waals surface area contributed by atoms with Crippen LogP contribution >= 0.6 is 11.6 Å². The van der Waals surface area contributed by atoms with Crippen LogP contribution in [0.5, 0.6) is 5.75 Å². The van der Waals surface area contributed by atoms with Crippen molar-refractivity contribution < 1.29 is 23.4 Å². The summed E-state index contributed by atoms with van der Waals surface area (Å²) in [6.45, 7) is 1.28. The van der Waals surface area contributed by atoms with Crippen molar-refractivity contribution in [2.75, 3.05) is 17.8 Å². The molecule has 0 saturated heterocycles. The van der Waals surface area contributed by atoms with Crippen LogP contribution in [0, 0.1) is 0 Å². The number of carbonyl (C=O) groups is 1. The molecule has 0 radical (unpaired) electrons. The van der Waals surface area contributed by atoms with Crippen molar-refractivity contribution >= 4 is 38.9 Å². The van der Waals surface area contributed by atoms with Gasteiger partial charge in [-0.2, -0.15) is 0 Å². The number of carbonyl (C=O) groups excluding carboxylic acids is 1.